The molecule has 0 aliphatic carbocycles. The Bertz CT molecular complexity index is 470. The summed E-state index contributed by atoms with van der Waals surface area (Å²) in [6, 6.07) is 7.85. The number of likely N-dealkylation sites (tertiary alicyclic amines) is 1. The van der Waals surface area contributed by atoms with E-state index in [0.717, 1.165) is 50.3 Å². The first-order chi connectivity index (χ1) is 10.7. The van der Waals surface area contributed by atoms with Crippen molar-refractivity contribution in [3.05, 3.63) is 29.8 Å². The molecule has 1 aliphatic rings. The molecule has 1 heterocycles. The number of rotatable bonds is 6. The second-order valence-electron chi connectivity index (χ2n) is 5.98. The van der Waals surface area contributed by atoms with E-state index in [0.29, 0.717) is 5.92 Å². The summed E-state index contributed by atoms with van der Waals surface area (Å²) in [7, 11) is 3.38. The highest BCUT2D eigenvalue weighted by Gasteiger charge is 2.28. The van der Waals surface area contributed by atoms with Gasteiger partial charge in [-0.05, 0) is 42.9 Å². The Hall–Kier alpha value is -1.55. The Morgan fingerprint density at radius 2 is 2.05 bits per heavy atom. The third-order valence-corrected chi connectivity index (χ3v) is 4.46. The Labute approximate surface area is 133 Å². The van der Waals surface area contributed by atoms with Crippen molar-refractivity contribution in [3.8, 4) is 5.75 Å². The number of ether oxygens (including phenoxy) is 2. The fourth-order valence-electron chi connectivity index (χ4n) is 3.25. The summed E-state index contributed by atoms with van der Waals surface area (Å²) in [5, 5.41) is 0. The van der Waals surface area contributed by atoms with E-state index in [-0.39, 0.29) is 11.8 Å². The molecule has 4 nitrogen and oxygen atoms in total. The van der Waals surface area contributed by atoms with Crippen molar-refractivity contribution in [2.75, 3.05) is 33.9 Å². The van der Waals surface area contributed by atoms with Crippen LogP contribution in [-0.2, 0) is 9.53 Å². The van der Waals surface area contributed by atoms with Crippen LogP contribution in [0.1, 0.15) is 37.7 Å². The molecule has 0 N–H and O–H groups in total. The van der Waals surface area contributed by atoms with Crippen LogP contribution in [-0.4, -0.2) is 44.7 Å². The average molecular weight is 305 g/mol. The van der Waals surface area contributed by atoms with E-state index in [9.17, 15) is 4.79 Å². The van der Waals surface area contributed by atoms with Gasteiger partial charge in [-0.15, -0.1) is 0 Å². The zero-order chi connectivity index (χ0) is 15.9. The van der Waals surface area contributed by atoms with Crippen molar-refractivity contribution in [3.63, 3.8) is 0 Å². The van der Waals surface area contributed by atoms with Crippen LogP contribution in [0.2, 0.25) is 0 Å². The van der Waals surface area contributed by atoms with E-state index in [1.165, 1.54) is 0 Å². The molecule has 1 aromatic carbocycles. The molecule has 0 radical (unpaired) electrons. The number of carbonyl (C=O) groups excluding carboxylic acids is 1. The van der Waals surface area contributed by atoms with Crippen molar-refractivity contribution < 1.29 is 14.3 Å². The minimum atomic E-state index is -0.0628. The highest BCUT2D eigenvalue weighted by atomic mass is 16.5. The zero-order valence-electron chi connectivity index (χ0n) is 13.9. The largest absolute Gasteiger partial charge is 0.497 e. The molecule has 1 fully saturated rings. The van der Waals surface area contributed by atoms with Crippen LogP contribution in [0.4, 0.5) is 0 Å². The molecular formula is C18H27NO3. The minimum absolute atomic E-state index is 0.0628. The number of hydrogen-bond acceptors (Lipinski definition) is 3. The van der Waals surface area contributed by atoms with Crippen LogP contribution in [0.25, 0.3) is 0 Å². The number of hydrogen-bond donors (Lipinski definition) is 0. The van der Waals surface area contributed by atoms with Crippen molar-refractivity contribution in [1.82, 2.24) is 4.90 Å². The van der Waals surface area contributed by atoms with E-state index in [1.54, 1.807) is 14.2 Å². The maximum atomic E-state index is 12.9. The second kappa shape index (κ2) is 8.18. The predicted molar refractivity (Wildman–Crippen MR) is 87.2 cm³/mol. The summed E-state index contributed by atoms with van der Waals surface area (Å²) >= 11 is 0. The number of piperidine rings is 1. The Morgan fingerprint density at radius 3 is 2.64 bits per heavy atom. The van der Waals surface area contributed by atoms with Gasteiger partial charge in [-0.25, -0.2) is 0 Å². The van der Waals surface area contributed by atoms with Crippen LogP contribution < -0.4 is 4.74 Å². The summed E-state index contributed by atoms with van der Waals surface area (Å²) in [4.78, 5) is 14.9. The van der Waals surface area contributed by atoms with Gasteiger partial charge in [-0.2, -0.15) is 0 Å². The number of methoxy groups -OCH3 is 2. The van der Waals surface area contributed by atoms with Crippen LogP contribution in [0.3, 0.4) is 0 Å². The second-order valence-corrected chi connectivity index (χ2v) is 5.98. The SMILES string of the molecule is CC[C@@H](C(=O)N1CCC[C@@H](COC)C1)c1ccc(OC)cc1. The molecule has 2 rings (SSSR count). The van der Waals surface area contributed by atoms with Crippen LogP contribution >= 0.6 is 0 Å². The topological polar surface area (TPSA) is 38.8 Å². The quantitative estimate of drug-likeness (QED) is 0.811. The lowest BCUT2D eigenvalue weighted by Crippen LogP contribution is -2.43. The summed E-state index contributed by atoms with van der Waals surface area (Å²) in [6.45, 7) is 4.50. The van der Waals surface area contributed by atoms with E-state index in [2.05, 4.69) is 6.92 Å². The molecular weight excluding hydrogens is 278 g/mol. The van der Waals surface area contributed by atoms with E-state index < -0.39 is 0 Å². The first kappa shape index (κ1) is 16.8. The number of nitrogens with zero attached hydrogens (tertiary/aromatic N) is 1. The van der Waals surface area contributed by atoms with Crippen molar-refractivity contribution in [1.29, 1.82) is 0 Å². The lowest BCUT2D eigenvalue weighted by Gasteiger charge is -2.34. The molecule has 122 valence electrons. The van der Waals surface area contributed by atoms with E-state index in [4.69, 9.17) is 9.47 Å². The Balaban J connectivity index is 2.07. The third kappa shape index (κ3) is 4.01. The van der Waals surface area contributed by atoms with E-state index in [1.807, 2.05) is 29.2 Å². The van der Waals surface area contributed by atoms with Crippen LogP contribution in [0.15, 0.2) is 24.3 Å². The van der Waals surface area contributed by atoms with Gasteiger partial charge in [0.25, 0.3) is 0 Å². The zero-order valence-corrected chi connectivity index (χ0v) is 13.9. The Kier molecular flexibility index (Phi) is 6.25. The molecule has 1 saturated heterocycles. The molecule has 0 aromatic heterocycles. The number of carbonyl (C=O) groups is 1. The van der Waals surface area contributed by atoms with Gasteiger partial charge in [-0.3, -0.25) is 4.79 Å². The molecule has 0 spiro atoms. The van der Waals surface area contributed by atoms with Gasteiger partial charge >= 0.3 is 0 Å². The predicted octanol–water partition coefficient (Wildman–Crippen LogP) is 3.07. The molecule has 2 atom stereocenters. The van der Waals surface area contributed by atoms with Crippen LogP contribution in [0, 0.1) is 5.92 Å². The number of amides is 1. The molecule has 0 saturated carbocycles. The van der Waals surface area contributed by atoms with Gasteiger partial charge in [-0.1, -0.05) is 19.1 Å². The monoisotopic (exact) mass is 305 g/mol. The lowest BCUT2D eigenvalue weighted by molar-refractivity contribution is -0.135. The molecule has 0 bridgehead atoms. The fraction of sp³-hybridized carbons (Fsp3) is 0.611. The fourth-order valence-corrected chi connectivity index (χ4v) is 3.25. The van der Waals surface area contributed by atoms with Gasteiger partial charge in [0.15, 0.2) is 0 Å². The maximum Gasteiger partial charge on any atom is 0.230 e. The molecule has 1 amide bonds. The first-order valence-electron chi connectivity index (χ1n) is 8.11. The maximum absolute atomic E-state index is 12.9. The smallest absolute Gasteiger partial charge is 0.230 e. The summed E-state index contributed by atoms with van der Waals surface area (Å²) in [5.41, 5.74) is 1.07. The Morgan fingerprint density at radius 1 is 1.32 bits per heavy atom. The summed E-state index contributed by atoms with van der Waals surface area (Å²) in [5.74, 6) is 1.47. The van der Waals surface area contributed by atoms with Crippen LogP contribution in [0.5, 0.6) is 5.75 Å². The summed E-state index contributed by atoms with van der Waals surface area (Å²) < 4.78 is 10.4. The molecule has 1 aliphatic heterocycles. The average Bonchev–Trinajstić information content (AvgIpc) is 2.56. The van der Waals surface area contributed by atoms with E-state index >= 15 is 0 Å². The lowest BCUT2D eigenvalue weighted by atomic mass is 9.92. The van der Waals surface area contributed by atoms with Gasteiger partial charge in [0.05, 0.1) is 19.6 Å². The number of benzene rings is 1. The minimum Gasteiger partial charge on any atom is -0.497 e. The normalized spacial score (nSPS) is 19.8. The highest BCUT2D eigenvalue weighted by Crippen LogP contribution is 2.27. The molecule has 1 aromatic rings. The standard InChI is InChI=1S/C18H27NO3/c1-4-17(15-7-9-16(22-3)10-8-15)18(20)19-11-5-6-14(12-19)13-21-2/h7-10,14,17H,4-6,11-13H2,1-3H3/t14-,17-/m1/s1. The van der Waals surface area contributed by atoms with Gasteiger partial charge in [0.2, 0.25) is 5.91 Å². The van der Waals surface area contributed by atoms with Crippen molar-refractivity contribution in [2.45, 2.75) is 32.1 Å². The summed E-state index contributed by atoms with van der Waals surface area (Å²) in [6.07, 6.45) is 3.03. The molecule has 22 heavy (non-hydrogen) atoms. The molecule has 0 unspecified atom stereocenters. The third-order valence-electron chi connectivity index (χ3n) is 4.46. The van der Waals surface area contributed by atoms with Crippen molar-refractivity contribution in [2.24, 2.45) is 5.92 Å². The first-order valence-corrected chi connectivity index (χ1v) is 8.11. The van der Waals surface area contributed by atoms with Crippen molar-refractivity contribution >= 4 is 5.91 Å². The van der Waals surface area contributed by atoms with Gasteiger partial charge in [0, 0.05) is 20.2 Å². The highest BCUT2D eigenvalue weighted by molar-refractivity contribution is 5.83. The molecule has 4 heteroatoms. The van der Waals surface area contributed by atoms with Gasteiger partial charge in [0.1, 0.15) is 5.75 Å². The van der Waals surface area contributed by atoms with Gasteiger partial charge < -0.3 is 14.4 Å².